The van der Waals surface area contributed by atoms with E-state index in [9.17, 15) is 14.4 Å². The Balaban J connectivity index is 1.47. The molecule has 2 aliphatic rings. The molecule has 2 aromatic carbocycles. The summed E-state index contributed by atoms with van der Waals surface area (Å²) in [6, 6.07) is 14.2. The van der Waals surface area contributed by atoms with Gasteiger partial charge in [-0.2, -0.15) is 5.01 Å². The number of imide groups is 1. The first-order valence-corrected chi connectivity index (χ1v) is 10.2. The van der Waals surface area contributed by atoms with Crippen molar-refractivity contribution in [3.05, 3.63) is 76.8 Å². The molecule has 0 bridgehead atoms. The van der Waals surface area contributed by atoms with E-state index in [1.807, 2.05) is 30.4 Å². The van der Waals surface area contributed by atoms with E-state index in [1.54, 1.807) is 42.3 Å². The minimum Gasteiger partial charge on any atom is -0.337 e. The maximum Gasteiger partial charge on any atom is 0.253 e. The predicted molar refractivity (Wildman–Crippen MR) is 115 cm³/mol. The van der Waals surface area contributed by atoms with Crippen LogP contribution in [0, 0.1) is 11.8 Å². The number of carbonyl (C=O) groups is 3. The van der Waals surface area contributed by atoms with Gasteiger partial charge in [0.2, 0.25) is 0 Å². The van der Waals surface area contributed by atoms with Gasteiger partial charge >= 0.3 is 0 Å². The molecule has 1 N–H and O–H groups in total. The van der Waals surface area contributed by atoms with Gasteiger partial charge in [-0.3, -0.25) is 19.8 Å². The van der Waals surface area contributed by atoms with Crippen molar-refractivity contribution in [3.8, 4) is 0 Å². The minimum atomic E-state index is -0.302. The van der Waals surface area contributed by atoms with Crippen LogP contribution in [0.1, 0.15) is 28.8 Å². The molecule has 1 aliphatic heterocycles. The fraction of sp³-hybridized carbons (Fsp3) is 0.261. The molecule has 3 amide bonds. The highest BCUT2D eigenvalue weighted by molar-refractivity contribution is 6.30. The number of hydrogen-bond donors (Lipinski definition) is 1. The zero-order valence-electron chi connectivity index (χ0n) is 16.5. The second-order valence-corrected chi connectivity index (χ2v) is 8.09. The highest BCUT2D eigenvalue weighted by Gasteiger charge is 2.47. The molecule has 1 saturated heterocycles. The lowest BCUT2D eigenvalue weighted by molar-refractivity contribution is -0.138. The molecule has 4 rings (SSSR count). The quantitative estimate of drug-likeness (QED) is 0.585. The predicted octanol–water partition coefficient (Wildman–Crippen LogP) is 3.89. The van der Waals surface area contributed by atoms with Crippen molar-refractivity contribution in [1.82, 2.24) is 9.91 Å². The number of anilines is 1. The Morgan fingerprint density at radius 3 is 2.40 bits per heavy atom. The van der Waals surface area contributed by atoms with Gasteiger partial charge in [0, 0.05) is 24.2 Å². The Hall–Kier alpha value is -3.12. The number of nitrogens with zero attached hydrogens (tertiary/aromatic N) is 2. The van der Waals surface area contributed by atoms with Crippen LogP contribution in [0.25, 0.3) is 0 Å². The second kappa shape index (κ2) is 8.32. The van der Waals surface area contributed by atoms with Gasteiger partial charge in [0.05, 0.1) is 17.5 Å². The van der Waals surface area contributed by atoms with E-state index in [0.29, 0.717) is 35.7 Å². The Kier molecular flexibility index (Phi) is 5.59. The SMILES string of the molecule is CN(Cc1cccc(Cl)c1)C(=O)c1cccc(NN2C(=O)[C@H]3CC=CC[C@H]3C2=O)c1. The number of benzene rings is 2. The summed E-state index contributed by atoms with van der Waals surface area (Å²) < 4.78 is 0. The van der Waals surface area contributed by atoms with Crippen LogP contribution in [0.4, 0.5) is 5.69 Å². The first-order valence-electron chi connectivity index (χ1n) is 9.83. The molecule has 1 fully saturated rings. The van der Waals surface area contributed by atoms with Gasteiger partial charge in [-0.15, -0.1) is 0 Å². The van der Waals surface area contributed by atoms with Crippen molar-refractivity contribution in [2.45, 2.75) is 19.4 Å². The zero-order chi connectivity index (χ0) is 21.3. The Morgan fingerprint density at radius 1 is 1.07 bits per heavy atom. The summed E-state index contributed by atoms with van der Waals surface area (Å²) in [6.07, 6.45) is 5.07. The van der Waals surface area contributed by atoms with Crippen LogP contribution in [0.2, 0.25) is 5.02 Å². The number of halogens is 1. The van der Waals surface area contributed by atoms with Gasteiger partial charge in [0.25, 0.3) is 17.7 Å². The number of nitrogens with one attached hydrogen (secondary N) is 1. The molecule has 154 valence electrons. The summed E-state index contributed by atoms with van der Waals surface area (Å²) >= 11 is 6.02. The second-order valence-electron chi connectivity index (χ2n) is 7.65. The molecule has 7 heteroatoms. The fourth-order valence-corrected chi connectivity index (χ4v) is 4.18. The van der Waals surface area contributed by atoms with Crippen molar-refractivity contribution in [3.63, 3.8) is 0 Å². The molecule has 6 nitrogen and oxygen atoms in total. The molecule has 1 heterocycles. The van der Waals surface area contributed by atoms with Crippen LogP contribution < -0.4 is 5.43 Å². The Morgan fingerprint density at radius 2 is 1.73 bits per heavy atom. The number of hydrazine groups is 1. The summed E-state index contributed by atoms with van der Waals surface area (Å²) in [5.41, 5.74) is 4.81. The summed E-state index contributed by atoms with van der Waals surface area (Å²) in [5.74, 6) is -1.21. The molecular formula is C23H22ClN3O3. The molecule has 0 aromatic heterocycles. The van der Waals surface area contributed by atoms with E-state index >= 15 is 0 Å². The van der Waals surface area contributed by atoms with Crippen LogP contribution in [0.3, 0.4) is 0 Å². The van der Waals surface area contributed by atoms with Crippen molar-refractivity contribution in [1.29, 1.82) is 0 Å². The molecular weight excluding hydrogens is 402 g/mol. The first kappa shape index (κ1) is 20.2. The fourth-order valence-electron chi connectivity index (χ4n) is 3.96. The minimum absolute atomic E-state index is 0.171. The molecule has 2 aromatic rings. The lowest BCUT2D eigenvalue weighted by atomic mass is 9.85. The molecule has 0 saturated carbocycles. The Labute approximate surface area is 180 Å². The van der Waals surface area contributed by atoms with Crippen molar-refractivity contribution in [2.24, 2.45) is 11.8 Å². The number of rotatable bonds is 5. The molecule has 1 aliphatic carbocycles. The average molecular weight is 424 g/mol. The number of amides is 3. The zero-order valence-corrected chi connectivity index (χ0v) is 17.3. The number of hydrogen-bond acceptors (Lipinski definition) is 4. The van der Waals surface area contributed by atoms with Gasteiger partial charge in [-0.1, -0.05) is 42.0 Å². The highest BCUT2D eigenvalue weighted by atomic mass is 35.5. The smallest absolute Gasteiger partial charge is 0.253 e. The van der Waals surface area contributed by atoms with E-state index in [4.69, 9.17) is 11.6 Å². The van der Waals surface area contributed by atoms with E-state index < -0.39 is 0 Å². The lowest BCUT2D eigenvalue weighted by Crippen LogP contribution is -2.36. The maximum atomic E-state index is 12.9. The van der Waals surface area contributed by atoms with Crippen LogP contribution in [0.15, 0.2) is 60.7 Å². The normalized spacial score (nSPS) is 20.3. The third-order valence-corrected chi connectivity index (χ3v) is 5.75. The monoisotopic (exact) mass is 423 g/mol. The molecule has 0 spiro atoms. The van der Waals surface area contributed by atoms with Gasteiger partial charge in [-0.05, 0) is 48.7 Å². The van der Waals surface area contributed by atoms with Gasteiger partial charge < -0.3 is 4.90 Å². The maximum absolute atomic E-state index is 12.9. The summed E-state index contributed by atoms with van der Waals surface area (Å²) in [6.45, 7) is 0.413. The van der Waals surface area contributed by atoms with Gasteiger partial charge in [0.1, 0.15) is 0 Å². The summed E-state index contributed by atoms with van der Waals surface area (Å²) in [4.78, 5) is 39.7. The molecule has 2 atom stereocenters. The average Bonchev–Trinajstić information content (AvgIpc) is 2.98. The number of fused-ring (bicyclic) bond motifs is 1. The van der Waals surface area contributed by atoms with Crippen molar-refractivity contribution >= 4 is 35.0 Å². The van der Waals surface area contributed by atoms with E-state index in [1.165, 1.54) is 0 Å². The Bertz CT molecular complexity index is 1010. The summed E-state index contributed by atoms with van der Waals surface area (Å²) in [7, 11) is 1.72. The highest BCUT2D eigenvalue weighted by Crippen LogP contribution is 2.35. The van der Waals surface area contributed by atoms with Crippen LogP contribution in [-0.2, 0) is 16.1 Å². The number of allylic oxidation sites excluding steroid dienone is 2. The van der Waals surface area contributed by atoms with Gasteiger partial charge in [-0.25, -0.2) is 0 Å². The van der Waals surface area contributed by atoms with E-state index in [-0.39, 0.29) is 29.6 Å². The van der Waals surface area contributed by atoms with E-state index in [2.05, 4.69) is 5.43 Å². The topological polar surface area (TPSA) is 69.7 Å². The van der Waals surface area contributed by atoms with Crippen LogP contribution >= 0.6 is 11.6 Å². The number of carbonyl (C=O) groups excluding carboxylic acids is 3. The third kappa shape index (κ3) is 3.96. The summed E-state index contributed by atoms with van der Waals surface area (Å²) in [5, 5.41) is 1.72. The van der Waals surface area contributed by atoms with Crippen LogP contribution in [0.5, 0.6) is 0 Å². The molecule has 0 unspecified atom stereocenters. The molecule has 30 heavy (non-hydrogen) atoms. The largest absolute Gasteiger partial charge is 0.337 e. The standard InChI is InChI=1S/C23H22ClN3O3/c1-26(14-15-6-4-8-17(24)12-15)21(28)16-7-5-9-18(13-16)25-27-22(29)19-10-2-3-11-20(19)23(27)30/h2-9,12-13,19-20,25H,10-11,14H2,1H3/t19-,20+. The first-order chi connectivity index (χ1) is 14.4. The van der Waals surface area contributed by atoms with E-state index in [0.717, 1.165) is 10.6 Å². The van der Waals surface area contributed by atoms with Crippen LogP contribution in [-0.4, -0.2) is 34.7 Å². The van der Waals surface area contributed by atoms with Gasteiger partial charge in [0.15, 0.2) is 0 Å². The van der Waals surface area contributed by atoms with Crippen molar-refractivity contribution < 1.29 is 14.4 Å². The molecule has 0 radical (unpaired) electrons. The third-order valence-electron chi connectivity index (χ3n) is 5.51. The van der Waals surface area contributed by atoms with Crippen molar-refractivity contribution in [2.75, 3.05) is 12.5 Å². The lowest BCUT2D eigenvalue weighted by Gasteiger charge is -2.20.